The molecule has 0 spiro atoms. The summed E-state index contributed by atoms with van der Waals surface area (Å²) in [7, 11) is 1.82. The lowest BCUT2D eigenvalue weighted by molar-refractivity contribution is -0.114. The molecule has 2 amide bonds. The van der Waals surface area contributed by atoms with E-state index in [2.05, 4.69) is 28.4 Å². The average molecular weight is 365 g/mol. The zero-order chi connectivity index (χ0) is 19.2. The van der Waals surface area contributed by atoms with Gasteiger partial charge in [0.15, 0.2) is 0 Å². The maximum Gasteiger partial charge on any atom is 0.253 e. The minimum absolute atomic E-state index is 0.0596. The van der Waals surface area contributed by atoms with Crippen molar-refractivity contribution in [1.29, 1.82) is 0 Å². The predicted octanol–water partition coefficient (Wildman–Crippen LogP) is 3.91. The lowest BCUT2D eigenvalue weighted by atomic mass is 10.1. The van der Waals surface area contributed by atoms with Gasteiger partial charge in [-0.15, -0.1) is 0 Å². The van der Waals surface area contributed by atoms with E-state index in [4.69, 9.17) is 0 Å². The van der Waals surface area contributed by atoms with E-state index in [9.17, 15) is 9.59 Å². The van der Waals surface area contributed by atoms with Crippen LogP contribution in [0.4, 0.5) is 11.4 Å². The summed E-state index contributed by atoms with van der Waals surface area (Å²) in [6.07, 6.45) is 3.74. The SMILES string of the molecule is CC(=O)Nc1cccc(C(=O)N(C)Cc2ccccc2N2CCCCC2)c1. The highest BCUT2D eigenvalue weighted by atomic mass is 16.2. The van der Waals surface area contributed by atoms with Crippen molar-refractivity contribution in [3.63, 3.8) is 0 Å². The summed E-state index contributed by atoms with van der Waals surface area (Å²) < 4.78 is 0. The molecule has 0 saturated carbocycles. The van der Waals surface area contributed by atoms with Crippen LogP contribution in [0.15, 0.2) is 48.5 Å². The Hall–Kier alpha value is -2.82. The largest absolute Gasteiger partial charge is 0.371 e. The molecule has 0 bridgehead atoms. The van der Waals surface area contributed by atoms with Gasteiger partial charge in [-0.2, -0.15) is 0 Å². The Morgan fingerprint density at radius 3 is 2.52 bits per heavy atom. The minimum atomic E-state index is -0.150. The maximum atomic E-state index is 12.9. The Morgan fingerprint density at radius 2 is 1.78 bits per heavy atom. The fourth-order valence-electron chi connectivity index (χ4n) is 3.57. The fraction of sp³-hybridized carbons (Fsp3) is 0.364. The molecule has 0 radical (unpaired) electrons. The van der Waals surface area contributed by atoms with Crippen LogP contribution >= 0.6 is 0 Å². The molecule has 2 aromatic carbocycles. The Labute approximate surface area is 161 Å². The predicted molar refractivity (Wildman–Crippen MR) is 109 cm³/mol. The Balaban J connectivity index is 1.74. The highest BCUT2D eigenvalue weighted by Gasteiger charge is 2.18. The Morgan fingerprint density at radius 1 is 1.04 bits per heavy atom. The van der Waals surface area contributed by atoms with Gasteiger partial charge in [0, 0.05) is 50.5 Å². The number of para-hydroxylation sites is 1. The topological polar surface area (TPSA) is 52.7 Å². The number of hydrogen-bond donors (Lipinski definition) is 1. The summed E-state index contributed by atoms with van der Waals surface area (Å²) in [5.74, 6) is -0.209. The van der Waals surface area contributed by atoms with Crippen molar-refractivity contribution in [2.24, 2.45) is 0 Å². The minimum Gasteiger partial charge on any atom is -0.371 e. The first-order valence-electron chi connectivity index (χ1n) is 9.50. The molecule has 3 rings (SSSR count). The number of amides is 2. The van der Waals surface area contributed by atoms with E-state index in [1.54, 1.807) is 29.2 Å². The van der Waals surface area contributed by atoms with E-state index in [1.807, 2.05) is 13.1 Å². The zero-order valence-electron chi connectivity index (χ0n) is 16.1. The van der Waals surface area contributed by atoms with Crippen molar-refractivity contribution in [3.8, 4) is 0 Å². The summed E-state index contributed by atoms with van der Waals surface area (Å²) in [6.45, 7) is 4.16. The van der Waals surface area contributed by atoms with Crippen molar-refractivity contribution in [1.82, 2.24) is 4.90 Å². The molecule has 0 atom stereocenters. The van der Waals surface area contributed by atoms with Gasteiger partial charge in [0.25, 0.3) is 5.91 Å². The molecule has 1 fully saturated rings. The summed E-state index contributed by atoms with van der Waals surface area (Å²) >= 11 is 0. The number of carbonyl (C=O) groups excluding carboxylic acids is 2. The van der Waals surface area contributed by atoms with Gasteiger partial charge < -0.3 is 15.1 Å². The molecule has 0 aliphatic carbocycles. The van der Waals surface area contributed by atoms with Gasteiger partial charge in [-0.1, -0.05) is 24.3 Å². The molecule has 1 heterocycles. The van der Waals surface area contributed by atoms with Crippen LogP contribution in [0.2, 0.25) is 0 Å². The average Bonchev–Trinajstić information content (AvgIpc) is 2.68. The van der Waals surface area contributed by atoms with Crippen molar-refractivity contribution in [2.45, 2.75) is 32.7 Å². The second kappa shape index (κ2) is 8.71. The highest BCUT2D eigenvalue weighted by molar-refractivity contribution is 5.96. The smallest absolute Gasteiger partial charge is 0.253 e. The van der Waals surface area contributed by atoms with Gasteiger partial charge in [-0.05, 0) is 49.1 Å². The quantitative estimate of drug-likeness (QED) is 0.874. The van der Waals surface area contributed by atoms with Crippen molar-refractivity contribution in [3.05, 3.63) is 59.7 Å². The zero-order valence-corrected chi connectivity index (χ0v) is 16.1. The van der Waals surface area contributed by atoms with Crippen LogP contribution in [0, 0.1) is 0 Å². The first kappa shape index (κ1) is 19.0. The van der Waals surface area contributed by atoms with Crippen LogP contribution in [-0.4, -0.2) is 36.9 Å². The number of carbonyl (C=O) groups is 2. The van der Waals surface area contributed by atoms with E-state index in [1.165, 1.54) is 31.9 Å². The molecule has 2 aromatic rings. The molecule has 1 saturated heterocycles. The molecular weight excluding hydrogens is 338 g/mol. The number of anilines is 2. The number of hydrogen-bond acceptors (Lipinski definition) is 3. The molecule has 1 aliphatic heterocycles. The Bertz CT molecular complexity index is 813. The fourth-order valence-corrected chi connectivity index (χ4v) is 3.57. The number of nitrogens with zero attached hydrogens (tertiary/aromatic N) is 2. The number of piperidine rings is 1. The van der Waals surface area contributed by atoms with Crippen LogP contribution in [0.1, 0.15) is 42.1 Å². The lowest BCUT2D eigenvalue weighted by Crippen LogP contribution is -2.32. The molecule has 5 nitrogen and oxygen atoms in total. The van der Waals surface area contributed by atoms with Crippen LogP contribution in [-0.2, 0) is 11.3 Å². The molecule has 142 valence electrons. The van der Waals surface area contributed by atoms with Crippen molar-refractivity contribution in [2.75, 3.05) is 30.4 Å². The van der Waals surface area contributed by atoms with Gasteiger partial charge >= 0.3 is 0 Å². The maximum absolute atomic E-state index is 12.9. The first-order chi connectivity index (χ1) is 13.0. The summed E-state index contributed by atoms with van der Waals surface area (Å²) in [5.41, 5.74) is 3.59. The second-order valence-electron chi connectivity index (χ2n) is 7.10. The van der Waals surface area contributed by atoms with Crippen LogP contribution in [0.5, 0.6) is 0 Å². The van der Waals surface area contributed by atoms with Gasteiger partial charge in [-0.25, -0.2) is 0 Å². The third-order valence-corrected chi connectivity index (χ3v) is 4.87. The van der Waals surface area contributed by atoms with Crippen molar-refractivity contribution >= 4 is 23.2 Å². The molecule has 1 aliphatic rings. The summed E-state index contributed by atoms with van der Waals surface area (Å²) in [5, 5.41) is 2.72. The molecule has 27 heavy (non-hydrogen) atoms. The Kier molecular flexibility index (Phi) is 6.12. The molecule has 1 N–H and O–H groups in total. The standard InChI is InChI=1S/C22H27N3O2/c1-17(26)23-20-11-8-10-18(15-20)22(27)24(2)16-19-9-4-5-12-21(19)25-13-6-3-7-14-25/h4-5,8-12,15H,3,6-7,13-14,16H2,1-2H3,(H,23,26). The van der Waals surface area contributed by atoms with Gasteiger partial charge in [-0.3, -0.25) is 9.59 Å². The van der Waals surface area contributed by atoms with Gasteiger partial charge in [0.2, 0.25) is 5.91 Å². The monoisotopic (exact) mass is 365 g/mol. The first-order valence-corrected chi connectivity index (χ1v) is 9.50. The van der Waals surface area contributed by atoms with E-state index < -0.39 is 0 Å². The van der Waals surface area contributed by atoms with Crippen LogP contribution < -0.4 is 10.2 Å². The number of rotatable bonds is 5. The third-order valence-electron chi connectivity index (χ3n) is 4.87. The number of benzene rings is 2. The molecule has 0 aromatic heterocycles. The van der Waals surface area contributed by atoms with E-state index in [0.717, 1.165) is 18.7 Å². The van der Waals surface area contributed by atoms with Gasteiger partial charge in [0.1, 0.15) is 0 Å². The van der Waals surface area contributed by atoms with Crippen molar-refractivity contribution < 1.29 is 9.59 Å². The van der Waals surface area contributed by atoms with E-state index >= 15 is 0 Å². The molecule has 5 heteroatoms. The molecule has 0 unspecified atom stereocenters. The summed E-state index contributed by atoms with van der Waals surface area (Å²) in [4.78, 5) is 28.3. The number of nitrogens with one attached hydrogen (secondary N) is 1. The van der Waals surface area contributed by atoms with E-state index in [-0.39, 0.29) is 11.8 Å². The lowest BCUT2D eigenvalue weighted by Gasteiger charge is -2.31. The normalized spacial score (nSPS) is 13.9. The van der Waals surface area contributed by atoms with E-state index in [0.29, 0.717) is 17.8 Å². The second-order valence-corrected chi connectivity index (χ2v) is 7.10. The van der Waals surface area contributed by atoms with Crippen LogP contribution in [0.3, 0.4) is 0 Å². The van der Waals surface area contributed by atoms with Gasteiger partial charge in [0.05, 0.1) is 0 Å². The van der Waals surface area contributed by atoms with Crippen LogP contribution in [0.25, 0.3) is 0 Å². The highest BCUT2D eigenvalue weighted by Crippen LogP contribution is 2.25. The molecular formula is C22H27N3O2. The third kappa shape index (κ3) is 4.88. The summed E-state index contributed by atoms with van der Waals surface area (Å²) in [6, 6.07) is 15.4.